The number of methoxy groups -OCH3 is 1. The first-order chi connectivity index (χ1) is 19.9. The summed E-state index contributed by atoms with van der Waals surface area (Å²) in [6.45, 7) is 1.30. The highest BCUT2D eigenvalue weighted by molar-refractivity contribution is 7.92. The standard InChI is InChI=1S/C29H33FN4O7S/c1-4-16-31-29(36)26(17-21-8-6-5-7-9-21)32(19-22-10-12-23(30)13-11-22)28(35)20-33(42(3,39)40)25-18-24(34(37)38)14-15-27(25)41-2/h5-15,18,26H,4,16-17,19-20H2,1-3H3,(H,31,36)/t26-/m0/s1. The van der Waals surface area contributed by atoms with Crippen LogP contribution in [0.5, 0.6) is 5.75 Å². The number of nitrogens with zero attached hydrogens (tertiary/aromatic N) is 3. The van der Waals surface area contributed by atoms with Crippen LogP contribution in [-0.4, -0.2) is 62.6 Å². The van der Waals surface area contributed by atoms with Gasteiger partial charge >= 0.3 is 0 Å². The lowest BCUT2D eigenvalue weighted by Gasteiger charge is -2.33. The Labute approximate surface area is 244 Å². The lowest BCUT2D eigenvalue weighted by molar-refractivity contribution is -0.384. The van der Waals surface area contributed by atoms with Gasteiger partial charge in [-0.05, 0) is 35.7 Å². The summed E-state index contributed by atoms with van der Waals surface area (Å²) in [7, 11) is -2.92. The van der Waals surface area contributed by atoms with E-state index in [0.717, 1.165) is 24.0 Å². The minimum Gasteiger partial charge on any atom is -0.495 e. The molecule has 42 heavy (non-hydrogen) atoms. The fraction of sp³-hybridized carbons (Fsp3) is 0.310. The molecule has 0 aliphatic heterocycles. The number of carbonyl (C=O) groups is 2. The molecule has 224 valence electrons. The molecule has 3 rings (SSSR count). The zero-order valence-corrected chi connectivity index (χ0v) is 24.3. The number of nitro benzene ring substituents is 1. The number of benzene rings is 3. The number of rotatable bonds is 14. The van der Waals surface area contributed by atoms with Crippen molar-refractivity contribution >= 4 is 33.2 Å². The minimum absolute atomic E-state index is 0.00886. The van der Waals surface area contributed by atoms with Crippen molar-refractivity contribution in [2.24, 2.45) is 0 Å². The number of non-ortho nitro benzene ring substituents is 1. The summed E-state index contributed by atoms with van der Waals surface area (Å²) < 4.78 is 45.6. The third-order valence-corrected chi connectivity index (χ3v) is 7.53. The fourth-order valence-corrected chi connectivity index (χ4v) is 5.13. The van der Waals surface area contributed by atoms with E-state index < -0.39 is 50.9 Å². The summed E-state index contributed by atoms with van der Waals surface area (Å²) in [6.07, 6.45) is 1.62. The van der Waals surface area contributed by atoms with Crippen LogP contribution >= 0.6 is 0 Å². The maximum Gasteiger partial charge on any atom is 0.271 e. The van der Waals surface area contributed by atoms with Crippen LogP contribution in [0.4, 0.5) is 15.8 Å². The lowest BCUT2D eigenvalue weighted by atomic mass is 10.0. The van der Waals surface area contributed by atoms with E-state index in [0.29, 0.717) is 22.8 Å². The molecule has 0 radical (unpaired) electrons. The molecule has 0 spiro atoms. The molecule has 0 fully saturated rings. The van der Waals surface area contributed by atoms with Gasteiger partial charge in [0.15, 0.2) is 0 Å². The molecule has 0 saturated carbocycles. The Morgan fingerprint density at radius 1 is 1.05 bits per heavy atom. The predicted molar refractivity (Wildman–Crippen MR) is 156 cm³/mol. The van der Waals surface area contributed by atoms with Gasteiger partial charge < -0.3 is 15.0 Å². The van der Waals surface area contributed by atoms with Gasteiger partial charge in [-0.2, -0.15) is 0 Å². The molecule has 0 aromatic heterocycles. The largest absolute Gasteiger partial charge is 0.495 e. The zero-order valence-electron chi connectivity index (χ0n) is 23.5. The van der Waals surface area contributed by atoms with E-state index in [2.05, 4.69) is 5.32 Å². The van der Waals surface area contributed by atoms with Gasteiger partial charge in [-0.3, -0.25) is 24.0 Å². The van der Waals surface area contributed by atoms with E-state index in [1.807, 2.05) is 13.0 Å². The Balaban J connectivity index is 2.11. The van der Waals surface area contributed by atoms with Crippen molar-refractivity contribution in [2.45, 2.75) is 32.4 Å². The Morgan fingerprint density at radius 3 is 2.29 bits per heavy atom. The number of ether oxygens (including phenoxy) is 1. The Hall–Kier alpha value is -4.52. The van der Waals surface area contributed by atoms with Crippen LogP contribution in [0, 0.1) is 15.9 Å². The minimum atomic E-state index is -4.19. The number of anilines is 1. The molecule has 0 saturated heterocycles. The van der Waals surface area contributed by atoms with Crippen molar-refractivity contribution in [3.8, 4) is 5.75 Å². The quantitative estimate of drug-likeness (QED) is 0.220. The maximum absolute atomic E-state index is 14.1. The van der Waals surface area contributed by atoms with Crippen molar-refractivity contribution < 1.29 is 32.1 Å². The second-order valence-corrected chi connectivity index (χ2v) is 11.4. The monoisotopic (exact) mass is 600 g/mol. The number of halogens is 1. The number of nitro groups is 1. The topological polar surface area (TPSA) is 139 Å². The SMILES string of the molecule is CCCNC(=O)[C@H](Cc1ccccc1)N(Cc1ccc(F)cc1)C(=O)CN(c1cc([N+](=O)[O-])ccc1OC)S(C)(=O)=O. The summed E-state index contributed by atoms with van der Waals surface area (Å²) in [5, 5.41) is 14.3. The third-order valence-electron chi connectivity index (χ3n) is 6.41. The van der Waals surface area contributed by atoms with Crippen molar-refractivity contribution in [2.75, 3.05) is 30.8 Å². The summed E-state index contributed by atoms with van der Waals surface area (Å²) in [5.74, 6) is -1.70. The maximum atomic E-state index is 14.1. The number of sulfonamides is 1. The van der Waals surface area contributed by atoms with Crippen LogP contribution in [0.25, 0.3) is 0 Å². The molecule has 3 aromatic rings. The zero-order chi connectivity index (χ0) is 30.9. The fourth-order valence-electron chi connectivity index (χ4n) is 4.29. The molecule has 2 amide bonds. The van der Waals surface area contributed by atoms with E-state index in [1.165, 1.54) is 42.3 Å². The van der Waals surface area contributed by atoms with Gasteiger partial charge in [0, 0.05) is 31.6 Å². The Morgan fingerprint density at radius 2 is 1.71 bits per heavy atom. The van der Waals surface area contributed by atoms with Crippen LogP contribution in [-0.2, 0) is 32.6 Å². The van der Waals surface area contributed by atoms with Crippen LogP contribution in [0.3, 0.4) is 0 Å². The van der Waals surface area contributed by atoms with Gasteiger partial charge in [-0.15, -0.1) is 0 Å². The van der Waals surface area contributed by atoms with Crippen molar-refractivity contribution in [3.63, 3.8) is 0 Å². The van der Waals surface area contributed by atoms with Crippen molar-refractivity contribution in [1.82, 2.24) is 10.2 Å². The lowest BCUT2D eigenvalue weighted by Crippen LogP contribution is -2.53. The van der Waals surface area contributed by atoms with Gasteiger partial charge in [0.1, 0.15) is 29.8 Å². The second-order valence-electron chi connectivity index (χ2n) is 9.53. The number of carbonyl (C=O) groups excluding carboxylic acids is 2. The van der Waals surface area contributed by atoms with E-state index >= 15 is 0 Å². The van der Waals surface area contributed by atoms with Gasteiger partial charge in [0.2, 0.25) is 21.8 Å². The number of amides is 2. The normalized spacial score (nSPS) is 11.8. The highest BCUT2D eigenvalue weighted by Gasteiger charge is 2.34. The second kappa shape index (κ2) is 14.4. The highest BCUT2D eigenvalue weighted by Crippen LogP contribution is 2.34. The smallest absolute Gasteiger partial charge is 0.271 e. The molecule has 3 aromatic carbocycles. The van der Waals surface area contributed by atoms with Gasteiger partial charge in [0.05, 0.1) is 18.3 Å². The van der Waals surface area contributed by atoms with Crippen LogP contribution < -0.4 is 14.4 Å². The Kier molecular flexibility index (Phi) is 11.0. The van der Waals surface area contributed by atoms with Gasteiger partial charge in [0.25, 0.3) is 5.69 Å². The molecular weight excluding hydrogens is 567 g/mol. The molecule has 1 atom stereocenters. The van der Waals surface area contributed by atoms with Crippen LogP contribution in [0.2, 0.25) is 0 Å². The summed E-state index contributed by atoms with van der Waals surface area (Å²) >= 11 is 0. The van der Waals surface area contributed by atoms with Crippen LogP contribution in [0.1, 0.15) is 24.5 Å². The average molecular weight is 601 g/mol. The van der Waals surface area contributed by atoms with E-state index in [-0.39, 0.29) is 24.4 Å². The molecule has 11 nitrogen and oxygen atoms in total. The first kappa shape index (κ1) is 32.0. The van der Waals surface area contributed by atoms with E-state index in [9.17, 15) is 32.5 Å². The molecular formula is C29H33FN4O7S. The van der Waals surface area contributed by atoms with Crippen molar-refractivity contribution in [1.29, 1.82) is 0 Å². The molecule has 0 bridgehead atoms. The number of nitrogens with one attached hydrogen (secondary N) is 1. The molecule has 0 aliphatic rings. The molecule has 0 aliphatic carbocycles. The first-order valence-electron chi connectivity index (χ1n) is 13.1. The predicted octanol–water partition coefficient (Wildman–Crippen LogP) is 3.67. The third kappa shape index (κ3) is 8.49. The van der Waals surface area contributed by atoms with Gasteiger partial charge in [-0.1, -0.05) is 49.4 Å². The van der Waals surface area contributed by atoms with Crippen molar-refractivity contribution in [3.05, 3.63) is 99.9 Å². The average Bonchev–Trinajstić information content (AvgIpc) is 2.96. The molecule has 0 heterocycles. The summed E-state index contributed by atoms with van der Waals surface area (Å²) in [4.78, 5) is 39.5. The first-order valence-corrected chi connectivity index (χ1v) is 14.9. The number of hydrogen-bond acceptors (Lipinski definition) is 7. The van der Waals surface area contributed by atoms with Gasteiger partial charge in [-0.25, -0.2) is 12.8 Å². The van der Waals surface area contributed by atoms with Crippen LogP contribution in [0.15, 0.2) is 72.8 Å². The summed E-state index contributed by atoms with van der Waals surface area (Å²) in [5.41, 5.74) is 0.645. The molecule has 1 N–H and O–H groups in total. The molecule has 13 heteroatoms. The molecule has 0 unspecified atom stereocenters. The summed E-state index contributed by atoms with van der Waals surface area (Å²) in [6, 6.07) is 16.7. The van der Waals surface area contributed by atoms with E-state index in [4.69, 9.17) is 4.74 Å². The van der Waals surface area contributed by atoms with E-state index in [1.54, 1.807) is 24.3 Å². The highest BCUT2D eigenvalue weighted by atomic mass is 32.2. The Bertz CT molecular complexity index is 1500. The number of hydrogen-bond donors (Lipinski definition) is 1.